The number of nitrogens with one attached hydrogen (secondary N) is 1. The molecule has 5 rings (SSSR count). The summed E-state index contributed by atoms with van der Waals surface area (Å²) in [4.78, 5) is 65.2. The SMILES string of the molecule is O=C(COC(=O)c1ccc2c(c1)C(=O)N(CCc1ccccc1)C2=O)Nc1ccc(Cl)cc1C(=O)c1ccccc1. The molecule has 0 saturated carbocycles. The van der Waals surface area contributed by atoms with Gasteiger partial charge in [-0.15, -0.1) is 0 Å². The average molecular weight is 567 g/mol. The Balaban J connectivity index is 1.22. The molecule has 0 atom stereocenters. The largest absolute Gasteiger partial charge is 0.452 e. The van der Waals surface area contributed by atoms with Crippen LogP contribution in [-0.4, -0.2) is 47.5 Å². The highest BCUT2D eigenvalue weighted by molar-refractivity contribution is 6.31. The van der Waals surface area contributed by atoms with E-state index in [-0.39, 0.29) is 40.3 Å². The number of fused-ring (bicyclic) bond motifs is 1. The molecule has 41 heavy (non-hydrogen) atoms. The van der Waals surface area contributed by atoms with Crippen molar-refractivity contribution in [2.75, 3.05) is 18.5 Å². The molecule has 0 fully saturated rings. The molecule has 0 bridgehead atoms. The Morgan fingerprint density at radius 3 is 2.17 bits per heavy atom. The van der Waals surface area contributed by atoms with Gasteiger partial charge in [-0.25, -0.2) is 4.79 Å². The third-order valence-electron chi connectivity index (χ3n) is 6.54. The van der Waals surface area contributed by atoms with Crippen molar-refractivity contribution in [2.45, 2.75) is 6.42 Å². The van der Waals surface area contributed by atoms with Crippen LogP contribution < -0.4 is 5.32 Å². The van der Waals surface area contributed by atoms with Crippen molar-refractivity contribution in [3.63, 3.8) is 0 Å². The molecule has 9 heteroatoms. The zero-order valence-corrected chi connectivity index (χ0v) is 22.4. The van der Waals surface area contributed by atoms with Crippen LogP contribution in [0, 0.1) is 0 Å². The zero-order valence-electron chi connectivity index (χ0n) is 21.6. The van der Waals surface area contributed by atoms with Crippen molar-refractivity contribution >= 4 is 46.8 Å². The molecule has 204 valence electrons. The van der Waals surface area contributed by atoms with Gasteiger partial charge in [0.1, 0.15) is 0 Å². The van der Waals surface area contributed by atoms with Crippen LogP contribution in [0.3, 0.4) is 0 Å². The molecular formula is C32H23ClN2O6. The normalized spacial score (nSPS) is 12.2. The van der Waals surface area contributed by atoms with Gasteiger partial charge in [0.2, 0.25) is 0 Å². The second kappa shape index (κ2) is 12.0. The monoisotopic (exact) mass is 566 g/mol. The van der Waals surface area contributed by atoms with Gasteiger partial charge in [-0.05, 0) is 48.4 Å². The van der Waals surface area contributed by atoms with E-state index in [1.54, 1.807) is 30.3 Å². The Morgan fingerprint density at radius 2 is 1.44 bits per heavy atom. The molecule has 0 saturated heterocycles. The molecule has 3 amide bonds. The predicted molar refractivity (Wildman–Crippen MR) is 152 cm³/mol. The summed E-state index contributed by atoms with van der Waals surface area (Å²) in [5, 5.41) is 2.90. The topological polar surface area (TPSA) is 110 Å². The van der Waals surface area contributed by atoms with E-state index in [0.717, 1.165) is 10.5 Å². The molecule has 0 aliphatic carbocycles. The van der Waals surface area contributed by atoms with Gasteiger partial charge >= 0.3 is 5.97 Å². The summed E-state index contributed by atoms with van der Waals surface area (Å²) < 4.78 is 5.15. The summed E-state index contributed by atoms with van der Waals surface area (Å²) in [6.07, 6.45) is 0.503. The highest BCUT2D eigenvalue weighted by Gasteiger charge is 2.35. The van der Waals surface area contributed by atoms with Crippen molar-refractivity contribution in [3.05, 3.63) is 135 Å². The second-order valence-corrected chi connectivity index (χ2v) is 9.70. The van der Waals surface area contributed by atoms with Crippen molar-refractivity contribution < 1.29 is 28.7 Å². The number of nitrogens with zero attached hydrogens (tertiary/aromatic N) is 1. The molecule has 0 radical (unpaired) electrons. The quantitative estimate of drug-likeness (QED) is 0.169. The number of halogens is 1. The van der Waals surface area contributed by atoms with Gasteiger partial charge in [0.15, 0.2) is 12.4 Å². The standard InChI is InChI=1S/C32H23ClN2O6/c33-23-12-14-27(26(18-23)29(37)21-9-5-2-6-10-21)34-28(36)19-41-32(40)22-11-13-24-25(17-22)31(39)35(30(24)38)16-15-20-7-3-1-4-8-20/h1-14,17-18H,15-16,19H2,(H,34,36). The van der Waals surface area contributed by atoms with Crippen LogP contribution >= 0.6 is 11.6 Å². The third-order valence-corrected chi connectivity index (χ3v) is 6.78. The maximum absolute atomic E-state index is 13.0. The molecule has 4 aromatic carbocycles. The fourth-order valence-corrected chi connectivity index (χ4v) is 4.64. The van der Waals surface area contributed by atoms with E-state index in [1.165, 1.54) is 36.4 Å². The summed E-state index contributed by atoms with van der Waals surface area (Å²) in [5.41, 5.74) is 2.13. The van der Waals surface area contributed by atoms with Crippen LogP contribution in [0.4, 0.5) is 5.69 Å². The van der Waals surface area contributed by atoms with Gasteiger partial charge in [0.25, 0.3) is 17.7 Å². The number of imide groups is 1. The number of hydrogen-bond donors (Lipinski definition) is 1. The number of benzene rings is 4. The van der Waals surface area contributed by atoms with Gasteiger partial charge in [-0.2, -0.15) is 0 Å². The maximum Gasteiger partial charge on any atom is 0.338 e. The first-order chi connectivity index (χ1) is 19.8. The van der Waals surface area contributed by atoms with Crippen molar-refractivity contribution in [2.24, 2.45) is 0 Å². The molecule has 8 nitrogen and oxygen atoms in total. The number of carbonyl (C=O) groups is 5. The Hall–Kier alpha value is -5.08. The van der Waals surface area contributed by atoms with E-state index >= 15 is 0 Å². The Bertz CT molecular complexity index is 1670. The molecule has 1 N–H and O–H groups in total. The maximum atomic E-state index is 13.0. The van der Waals surface area contributed by atoms with Gasteiger partial charge in [0.05, 0.1) is 22.4 Å². The molecule has 1 heterocycles. The van der Waals surface area contributed by atoms with Crippen LogP contribution in [0.25, 0.3) is 0 Å². The van der Waals surface area contributed by atoms with E-state index in [9.17, 15) is 24.0 Å². The Morgan fingerprint density at radius 1 is 0.756 bits per heavy atom. The molecule has 1 aliphatic heterocycles. The molecule has 1 aliphatic rings. The fourth-order valence-electron chi connectivity index (χ4n) is 4.47. The molecule has 0 spiro atoms. The van der Waals surface area contributed by atoms with Gasteiger partial charge in [-0.3, -0.25) is 24.1 Å². The lowest BCUT2D eigenvalue weighted by molar-refractivity contribution is -0.119. The average Bonchev–Trinajstić information content (AvgIpc) is 3.24. The summed E-state index contributed by atoms with van der Waals surface area (Å²) in [6, 6.07) is 26.5. The first kappa shape index (κ1) is 27.5. The van der Waals surface area contributed by atoms with Crippen LogP contribution in [0.2, 0.25) is 5.02 Å². The first-order valence-corrected chi connectivity index (χ1v) is 13.1. The van der Waals surface area contributed by atoms with Crippen molar-refractivity contribution in [3.8, 4) is 0 Å². The van der Waals surface area contributed by atoms with Crippen LogP contribution in [0.15, 0.2) is 97.1 Å². The van der Waals surface area contributed by atoms with E-state index < -0.39 is 30.3 Å². The fraction of sp³-hybridized carbons (Fsp3) is 0.0938. The lowest BCUT2D eigenvalue weighted by Gasteiger charge is -2.13. The number of anilines is 1. The van der Waals surface area contributed by atoms with Crippen LogP contribution in [0.5, 0.6) is 0 Å². The Kier molecular flexibility index (Phi) is 8.03. The summed E-state index contributed by atoms with van der Waals surface area (Å²) in [6.45, 7) is -0.441. The second-order valence-electron chi connectivity index (χ2n) is 9.27. The highest BCUT2D eigenvalue weighted by atomic mass is 35.5. The van der Waals surface area contributed by atoms with E-state index in [2.05, 4.69) is 5.32 Å². The summed E-state index contributed by atoms with van der Waals surface area (Å²) in [5.74, 6) is -2.78. The van der Waals surface area contributed by atoms with E-state index in [1.807, 2.05) is 30.3 Å². The number of ketones is 1. The number of esters is 1. The lowest BCUT2D eigenvalue weighted by Crippen LogP contribution is -2.31. The van der Waals surface area contributed by atoms with Gasteiger partial charge in [-0.1, -0.05) is 72.3 Å². The minimum absolute atomic E-state index is 0.0223. The highest BCUT2D eigenvalue weighted by Crippen LogP contribution is 2.26. The minimum atomic E-state index is -0.845. The molecular weight excluding hydrogens is 544 g/mol. The number of ether oxygens (including phenoxy) is 1. The van der Waals surface area contributed by atoms with Crippen molar-refractivity contribution in [1.82, 2.24) is 4.90 Å². The number of hydrogen-bond acceptors (Lipinski definition) is 6. The lowest BCUT2D eigenvalue weighted by atomic mass is 10.0. The molecule has 0 unspecified atom stereocenters. The van der Waals surface area contributed by atoms with Crippen molar-refractivity contribution in [1.29, 1.82) is 0 Å². The third kappa shape index (κ3) is 6.08. The number of rotatable bonds is 9. The molecule has 4 aromatic rings. The smallest absolute Gasteiger partial charge is 0.338 e. The summed E-state index contributed by atoms with van der Waals surface area (Å²) >= 11 is 6.09. The Labute approximate surface area is 240 Å². The summed E-state index contributed by atoms with van der Waals surface area (Å²) in [7, 11) is 0. The predicted octanol–water partition coefficient (Wildman–Crippen LogP) is 5.21. The number of amides is 3. The zero-order chi connectivity index (χ0) is 28.9. The van der Waals surface area contributed by atoms with Gasteiger partial charge < -0.3 is 10.1 Å². The van der Waals surface area contributed by atoms with Crippen LogP contribution in [-0.2, 0) is 16.0 Å². The molecule has 0 aromatic heterocycles. The minimum Gasteiger partial charge on any atom is -0.452 e. The first-order valence-electron chi connectivity index (χ1n) is 12.7. The van der Waals surface area contributed by atoms with Crippen LogP contribution in [0.1, 0.15) is 52.6 Å². The van der Waals surface area contributed by atoms with E-state index in [0.29, 0.717) is 17.0 Å². The number of carbonyl (C=O) groups excluding carboxylic acids is 5. The van der Waals surface area contributed by atoms with Gasteiger partial charge in [0, 0.05) is 22.7 Å². The van der Waals surface area contributed by atoms with E-state index in [4.69, 9.17) is 16.3 Å².